The number of carbonyl (C=O) groups excluding carboxylic acids is 3. The monoisotopic (exact) mass is 796 g/mol. The summed E-state index contributed by atoms with van der Waals surface area (Å²) in [5.41, 5.74) is 12.5. The van der Waals surface area contributed by atoms with E-state index in [1.54, 1.807) is 35.4 Å². The number of nitrogens with one attached hydrogen (secondary N) is 2. The molecule has 4 atom stereocenters. The molecule has 0 radical (unpaired) electrons. The van der Waals surface area contributed by atoms with E-state index in [9.17, 15) is 14.4 Å². The Morgan fingerprint density at radius 3 is 1.69 bits per heavy atom. The van der Waals surface area contributed by atoms with Gasteiger partial charge in [0.1, 0.15) is 17.7 Å². The van der Waals surface area contributed by atoms with Crippen molar-refractivity contribution in [3.05, 3.63) is 143 Å². The summed E-state index contributed by atoms with van der Waals surface area (Å²) in [7, 11) is 3.81. The van der Waals surface area contributed by atoms with Crippen LogP contribution in [0.15, 0.2) is 116 Å². The number of likely N-dealkylation sites (N-methyl/N-ethyl adjacent to an activating group) is 1. The van der Waals surface area contributed by atoms with Crippen LogP contribution in [0.1, 0.15) is 72.7 Å². The molecule has 0 saturated carbocycles. The first kappa shape index (κ1) is 38.6. The van der Waals surface area contributed by atoms with Crippen molar-refractivity contribution in [2.75, 3.05) is 27.2 Å². The molecule has 2 aliphatic heterocycles. The average molecular weight is 797 g/mol. The molecule has 3 amide bonds. The second-order valence-electron chi connectivity index (χ2n) is 15.0. The number of carbonyl (C=O) groups is 3. The minimum absolute atomic E-state index is 0.0142. The molecule has 2 aromatic heterocycles. The lowest BCUT2D eigenvalue weighted by atomic mass is 10.0. The summed E-state index contributed by atoms with van der Waals surface area (Å²) < 4.78 is 5.30. The summed E-state index contributed by atoms with van der Waals surface area (Å²) in [6, 6.07) is 32.1. The Kier molecular flexibility index (Phi) is 11.1. The van der Waals surface area contributed by atoms with Crippen LogP contribution in [0, 0.1) is 0 Å². The van der Waals surface area contributed by atoms with Crippen molar-refractivity contribution in [3.63, 3.8) is 0 Å². The van der Waals surface area contributed by atoms with Gasteiger partial charge in [0.25, 0.3) is 5.91 Å². The van der Waals surface area contributed by atoms with Gasteiger partial charge < -0.3 is 30.2 Å². The predicted octanol–water partition coefficient (Wildman–Crippen LogP) is 8.25. The highest BCUT2D eigenvalue weighted by Gasteiger charge is 2.39. The fourth-order valence-corrected chi connectivity index (χ4v) is 8.50. The van der Waals surface area contributed by atoms with Gasteiger partial charge in [0.05, 0.1) is 35.9 Å². The molecule has 2 saturated heterocycles. The van der Waals surface area contributed by atoms with Gasteiger partial charge in [-0.3, -0.25) is 14.5 Å². The Hall–Kier alpha value is -6.24. The number of nitrogens with two attached hydrogens (primary N) is 1. The number of amides is 3. The number of primary amides is 1. The zero-order valence-electron chi connectivity index (χ0n) is 32.3. The molecule has 4 aromatic carbocycles. The van der Waals surface area contributed by atoms with Crippen LogP contribution >= 0.6 is 11.6 Å². The number of rotatable bonds is 11. The Morgan fingerprint density at radius 1 is 0.707 bits per heavy atom. The van der Waals surface area contributed by atoms with Crippen molar-refractivity contribution in [2.45, 2.75) is 49.9 Å². The van der Waals surface area contributed by atoms with E-state index in [-0.39, 0.29) is 23.9 Å². The Morgan fingerprint density at radius 2 is 1.19 bits per heavy atom. The molecule has 0 aliphatic carbocycles. The number of ether oxygens (including phenoxy) is 1. The number of hydrogen-bond donors (Lipinski definition) is 3. The SMILES string of the molecule is CN(C)C(C(=O)N1CCC[C@H]1c1ncc(-c2ccc(-c3ccc(-c4cnc([C@@H]5CCCN5C(=O)[C@H](OC(N)=O)c5ccccc5)[nH]4)cc3)cc2)[nH]1)c1ccccc1Cl. The van der Waals surface area contributed by atoms with Crippen LogP contribution in [-0.4, -0.2) is 79.7 Å². The van der Waals surface area contributed by atoms with Gasteiger partial charge in [-0.05, 0) is 73.7 Å². The van der Waals surface area contributed by atoms with Crippen molar-refractivity contribution in [1.82, 2.24) is 34.6 Å². The van der Waals surface area contributed by atoms with E-state index in [4.69, 9.17) is 27.1 Å². The molecule has 8 rings (SSSR count). The van der Waals surface area contributed by atoms with Crippen LogP contribution in [0.25, 0.3) is 33.6 Å². The minimum atomic E-state index is -1.13. The van der Waals surface area contributed by atoms with Crippen LogP contribution < -0.4 is 5.73 Å². The van der Waals surface area contributed by atoms with Crippen molar-refractivity contribution >= 4 is 29.5 Å². The number of aromatic amines is 2. The van der Waals surface area contributed by atoms with E-state index in [2.05, 4.69) is 51.4 Å². The van der Waals surface area contributed by atoms with Crippen LogP contribution in [0.2, 0.25) is 5.02 Å². The van der Waals surface area contributed by atoms with E-state index in [0.717, 1.165) is 70.7 Å². The molecule has 12 nitrogen and oxygen atoms in total. The molecule has 6 aromatic rings. The lowest BCUT2D eigenvalue weighted by Crippen LogP contribution is -2.40. The number of benzene rings is 4. The molecular weight excluding hydrogens is 752 g/mol. The summed E-state index contributed by atoms with van der Waals surface area (Å²) in [4.78, 5) is 61.4. The first-order valence-corrected chi connectivity index (χ1v) is 19.9. The summed E-state index contributed by atoms with van der Waals surface area (Å²) in [6.07, 6.45) is 4.74. The van der Waals surface area contributed by atoms with Gasteiger partial charge in [-0.1, -0.05) is 109 Å². The fourth-order valence-electron chi connectivity index (χ4n) is 8.26. The minimum Gasteiger partial charge on any atom is -0.431 e. The number of H-pyrrole nitrogens is 2. The summed E-state index contributed by atoms with van der Waals surface area (Å²) in [5.74, 6) is 1.14. The first-order chi connectivity index (χ1) is 28.2. The van der Waals surface area contributed by atoms with Gasteiger partial charge in [-0.15, -0.1) is 0 Å². The number of aromatic nitrogens is 4. The highest BCUT2D eigenvalue weighted by Crippen LogP contribution is 2.38. The van der Waals surface area contributed by atoms with Gasteiger partial charge in [-0.25, -0.2) is 14.8 Å². The maximum absolute atomic E-state index is 14.0. The molecule has 58 heavy (non-hydrogen) atoms. The lowest BCUT2D eigenvalue weighted by molar-refractivity contribution is -0.141. The molecule has 0 bridgehead atoms. The Balaban J connectivity index is 0.932. The molecule has 4 N–H and O–H groups in total. The van der Waals surface area contributed by atoms with Gasteiger partial charge in [0.15, 0.2) is 0 Å². The summed E-state index contributed by atoms with van der Waals surface area (Å²) >= 11 is 6.54. The van der Waals surface area contributed by atoms with Gasteiger partial charge in [-0.2, -0.15) is 0 Å². The number of nitrogens with zero attached hydrogens (tertiary/aromatic N) is 5. The Bertz CT molecular complexity index is 2400. The van der Waals surface area contributed by atoms with Gasteiger partial charge in [0.2, 0.25) is 12.0 Å². The zero-order valence-corrected chi connectivity index (χ0v) is 33.1. The number of halogens is 1. The highest BCUT2D eigenvalue weighted by molar-refractivity contribution is 6.31. The smallest absolute Gasteiger partial charge is 0.405 e. The first-order valence-electron chi connectivity index (χ1n) is 19.5. The summed E-state index contributed by atoms with van der Waals surface area (Å²) in [6.45, 7) is 1.18. The third-order valence-corrected chi connectivity index (χ3v) is 11.5. The van der Waals surface area contributed by atoms with Crippen molar-refractivity contribution in [2.24, 2.45) is 5.73 Å². The van der Waals surface area contributed by atoms with E-state index in [0.29, 0.717) is 29.5 Å². The number of imidazole rings is 2. The van der Waals surface area contributed by atoms with Crippen LogP contribution in [-0.2, 0) is 14.3 Å². The van der Waals surface area contributed by atoms with E-state index < -0.39 is 18.2 Å². The van der Waals surface area contributed by atoms with Crippen molar-refractivity contribution in [1.29, 1.82) is 0 Å². The van der Waals surface area contributed by atoms with Crippen LogP contribution in [0.5, 0.6) is 0 Å². The summed E-state index contributed by atoms with van der Waals surface area (Å²) in [5, 5.41) is 0.577. The van der Waals surface area contributed by atoms with Crippen molar-refractivity contribution < 1.29 is 19.1 Å². The third kappa shape index (κ3) is 7.85. The van der Waals surface area contributed by atoms with Crippen LogP contribution in [0.3, 0.4) is 0 Å². The molecule has 4 heterocycles. The van der Waals surface area contributed by atoms with E-state index in [1.165, 1.54) is 0 Å². The largest absolute Gasteiger partial charge is 0.431 e. The average Bonchev–Trinajstić information content (AvgIpc) is 4.08. The number of likely N-dealkylation sites (tertiary alicyclic amines) is 2. The molecule has 1 unspecified atom stereocenters. The molecule has 13 heteroatoms. The van der Waals surface area contributed by atoms with E-state index in [1.807, 2.05) is 72.6 Å². The maximum atomic E-state index is 14.0. The molecule has 296 valence electrons. The lowest BCUT2D eigenvalue weighted by Gasteiger charge is -2.32. The molecule has 0 spiro atoms. The topological polar surface area (TPSA) is 154 Å². The van der Waals surface area contributed by atoms with Gasteiger partial charge >= 0.3 is 6.09 Å². The molecule has 2 fully saturated rings. The second-order valence-corrected chi connectivity index (χ2v) is 15.4. The molecule has 2 aliphatic rings. The quantitative estimate of drug-likeness (QED) is 0.119. The predicted molar refractivity (Wildman–Crippen MR) is 222 cm³/mol. The molecular formula is C45H45ClN8O4. The second kappa shape index (κ2) is 16.7. The van der Waals surface area contributed by atoms with E-state index >= 15 is 0 Å². The number of hydrogen-bond acceptors (Lipinski definition) is 7. The standard InChI is InChI=1S/C45H45ClN8O4/c1-52(2)39(33-12-6-7-13-34(33)46)43(55)53-24-8-14-37(53)41-48-26-35(50-41)30-20-16-28(17-21-30)29-18-22-31(23-19-29)36-27-49-42(51-36)38-15-9-25-54(38)44(56)40(58-45(47)57)32-10-4-3-5-11-32/h3-7,10-13,16-23,26-27,37-40H,8-9,14-15,24-25H2,1-2H3,(H2,47,57)(H,48,50)(H,49,51)/t37-,38-,39?,40+/m0/s1. The third-order valence-electron chi connectivity index (χ3n) is 11.1. The Labute approximate surface area is 342 Å². The van der Waals surface area contributed by atoms with Crippen LogP contribution in [0.4, 0.5) is 4.79 Å². The fraction of sp³-hybridized carbons (Fsp3) is 0.267. The highest BCUT2D eigenvalue weighted by atomic mass is 35.5. The normalized spacial score (nSPS) is 17.7. The van der Waals surface area contributed by atoms with Gasteiger partial charge in [0, 0.05) is 23.7 Å². The zero-order chi connectivity index (χ0) is 40.3. The maximum Gasteiger partial charge on any atom is 0.405 e. The van der Waals surface area contributed by atoms with Crippen molar-refractivity contribution in [3.8, 4) is 33.6 Å².